The van der Waals surface area contributed by atoms with Crippen molar-refractivity contribution in [1.82, 2.24) is 9.62 Å². The lowest BCUT2D eigenvalue weighted by Gasteiger charge is -2.14. The summed E-state index contributed by atoms with van der Waals surface area (Å²) in [6, 6.07) is 13.0. The molecule has 2 aromatic carbocycles. The second-order valence-electron chi connectivity index (χ2n) is 10.3. The van der Waals surface area contributed by atoms with Crippen LogP contribution in [0.4, 0.5) is 0 Å². The molecule has 2 aliphatic rings. The van der Waals surface area contributed by atoms with Crippen LogP contribution in [0.1, 0.15) is 24.0 Å². The van der Waals surface area contributed by atoms with Crippen molar-refractivity contribution in [3.05, 3.63) is 59.7 Å². The van der Waals surface area contributed by atoms with E-state index in [4.69, 9.17) is 8.37 Å². The molecule has 0 aliphatic carbocycles. The summed E-state index contributed by atoms with van der Waals surface area (Å²) in [5, 5.41) is 3.07. The molecule has 2 atom stereocenters. The molecule has 2 unspecified atom stereocenters. The van der Waals surface area contributed by atoms with E-state index in [1.165, 1.54) is 16.4 Å². The summed E-state index contributed by atoms with van der Waals surface area (Å²) in [4.78, 5) is 0.311. The summed E-state index contributed by atoms with van der Waals surface area (Å²) in [5.74, 6) is 0. The lowest BCUT2D eigenvalue weighted by Crippen LogP contribution is -2.29. The second kappa shape index (κ2) is 15.7. The Bertz CT molecular complexity index is 1790. The Morgan fingerprint density at radius 2 is 1.07 bits per heavy atom. The SMILES string of the molecule is CS(=O)(=O)OS(C)(=O)=O.Cc1ccc(S(=O)(=O)OC2CCN(S(C)(=O)=O)C2)cc1.Cc1ccc(S(=O)(=O)OC2CCNC2)cc1. The number of hydrogen-bond acceptors (Lipinski definition) is 14. The molecule has 20 heteroatoms. The van der Waals surface area contributed by atoms with E-state index in [1.807, 2.05) is 13.8 Å². The minimum Gasteiger partial charge on any atom is -0.314 e. The average Bonchev–Trinajstić information content (AvgIpc) is 3.55. The summed E-state index contributed by atoms with van der Waals surface area (Å²) in [7, 11) is -18.5. The molecular formula is C25H38N2O13S5. The molecule has 2 saturated heterocycles. The van der Waals surface area contributed by atoms with Gasteiger partial charge in [0.1, 0.15) is 0 Å². The molecule has 4 rings (SSSR count). The molecule has 0 spiro atoms. The topological polar surface area (TPSA) is 214 Å². The lowest BCUT2D eigenvalue weighted by molar-refractivity contribution is 0.222. The first-order valence-electron chi connectivity index (χ1n) is 13.2. The summed E-state index contributed by atoms with van der Waals surface area (Å²) < 4.78 is 126. The number of hydrogen-bond donors (Lipinski definition) is 1. The van der Waals surface area contributed by atoms with Gasteiger partial charge in [-0.15, -0.1) is 3.63 Å². The van der Waals surface area contributed by atoms with Crippen molar-refractivity contribution < 1.29 is 54.1 Å². The molecule has 2 heterocycles. The highest BCUT2D eigenvalue weighted by Gasteiger charge is 2.33. The van der Waals surface area contributed by atoms with Gasteiger partial charge in [-0.1, -0.05) is 35.4 Å². The Morgan fingerprint density at radius 1 is 0.644 bits per heavy atom. The zero-order valence-corrected chi connectivity index (χ0v) is 29.4. The Labute approximate surface area is 266 Å². The Morgan fingerprint density at radius 3 is 1.38 bits per heavy atom. The van der Waals surface area contributed by atoms with E-state index >= 15 is 0 Å². The molecule has 0 amide bonds. The van der Waals surface area contributed by atoms with Crippen molar-refractivity contribution in [3.63, 3.8) is 0 Å². The third-order valence-electron chi connectivity index (χ3n) is 5.98. The quantitative estimate of drug-likeness (QED) is 0.352. The number of nitrogens with one attached hydrogen (secondary N) is 1. The first-order valence-corrected chi connectivity index (χ1v) is 21.5. The maximum atomic E-state index is 12.1. The molecule has 0 saturated carbocycles. The summed E-state index contributed by atoms with van der Waals surface area (Å²) in [6.07, 6.45) is 2.68. The summed E-state index contributed by atoms with van der Waals surface area (Å²) in [5.41, 5.74) is 1.98. The number of aryl methyl sites for hydroxylation is 2. The molecule has 15 nitrogen and oxygen atoms in total. The van der Waals surface area contributed by atoms with Gasteiger partial charge >= 0.3 is 0 Å². The van der Waals surface area contributed by atoms with E-state index in [-0.39, 0.29) is 29.0 Å². The zero-order valence-electron chi connectivity index (χ0n) is 25.3. The molecule has 0 bridgehead atoms. The maximum Gasteiger partial charge on any atom is 0.297 e. The Balaban J connectivity index is 0.000000253. The van der Waals surface area contributed by atoms with Crippen LogP contribution in [0.25, 0.3) is 0 Å². The molecule has 2 aromatic rings. The first kappa shape index (κ1) is 39.2. The third-order valence-corrected chi connectivity index (χ3v) is 12.0. The Hall–Kier alpha value is -2.01. The van der Waals surface area contributed by atoms with E-state index in [1.54, 1.807) is 36.4 Å². The number of sulfonamides is 1. The van der Waals surface area contributed by atoms with E-state index in [9.17, 15) is 42.1 Å². The van der Waals surface area contributed by atoms with Crippen molar-refractivity contribution in [2.24, 2.45) is 0 Å². The maximum absolute atomic E-state index is 12.1. The number of rotatable bonds is 9. The standard InChI is InChI=1S/C12H17NO5S2.C11H15NO3S.C2H6O5S2/c1-10-3-5-12(6-4-10)20(16,17)18-11-7-8-13(9-11)19(2,14)15;1-9-2-4-11(5-3-9)16(13,14)15-10-6-7-12-8-10;1-8(3,4)7-9(2,5)6/h3-6,11H,7-9H2,1-2H3;2-5,10,12H,6-8H2,1H3;1-2H3. The van der Waals surface area contributed by atoms with Gasteiger partial charge in [0.15, 0.2) is 0 Å². The van der Waals surface area contributed by atoms with E-state index in [0.717, 1.165) is 30.3 Å². The third kappa shape index (κ3) is 14.5. The molecule has 45 heavy (non-hydrogen) atoms. The molecule has 2 aliphatic heterocycles. The van der Waals surface area contributed by atoms with Crippen LogP contribution in [-0.4, -0.2) is 104 Å². The lowest BCUT2D eigenvalue weighted by atomic mass is 10.2. The van der Waals surface area contributed by atoms with E-state index in [0.29, 0.717) is 25.5 Å². The van der Waals surface area contributed by atoms with Gasteiger partial charge in [-0.2, -0.15) is 38.0 Å². The highest BCUT2D eigenvalue weighted by Crippen LogP contribution is 2.22. The van der Waals surface area contributed by atoms with Crippen LogP contribution in [0.5, 0.6) is 0 Å². The minimum absolute atomic E-state index is 0.0733. The number of benzene rings is 2. The van der Waals surface area contributed by atoms with Gasteiger partial charge < -0.3 is 5.32 Å². The molecule has 2 fully saturated rings. The van der Waals surface area contributed by atoms with Gasteiger partial charge in [-0.25, -0.2) is 8.42 Å². The van der Waals surface area contributed by atoms with Crippen LogP contribution in [0.3, 0.4) is 0 Å². The van der Waals surface area contributed by atoms with Crippen LogP contribution in [0.15, 0.2) is 58.3 Å². The molecule has 0 aromatic heterocycles. The van der Waals surface area contributed by atoms with Crippen LogP contribution in [-0.2, 0) is 62.5 Å². The van der Waals surface area contributed by atoms with Gasteiger partial charge in [0.2, 0.25) is 10.0 Å². The molecule has 1 N–H and O–H groups in total. The predicted octanol–water partition coefficient (Wildman–Crippen LogP) is 0.719. The van der Waals surface area contributed by atoms with Crippen molar-refractivity contribution in [1.29, 1.82) is 0 Å². The highest BCUT2D eigenvalue weighted by molar-refractivity contribution is 7.99. The van der Waals surface area contributed by atoms with E-state index < -0.39 is 56.6 Å². The van der Waals surface area contributed by atoms with Gasteiger partial charge in [0.05, 0.1) is 40.8 Å². The fraction of sp³-hybridized carbons (Fsp3) is 0.520. The predicted molar refractivity (Wildman–Crippen MR) is 166 cm³/mol. The summed E-state index contributed by atoms with van der Waals surface area (Å²) >= 11 is 0. The number of nitrogens with zero attached hydrogens (tertiary/aromatic N) is 1. The smallest absolute Gasteiger partial charge is 0.297 e. The second-order valence-corrected chi connectivity index (χ2v) is 18.8. The fourth-order valence-electron chi connectivity index (χ4n) is 3.89. The van der Waals surface area contributed by atoms with Crippen molar-refractivity contribution in [2.75, 3.05) is 44.9 Å². The van der Waals surface area contributed by atoms with E-state index in [2.05, 4.69) is 8.95 Å². The highest BCUT2D eigenvalue weighted by atomic mass is 32.3. The Kier molecular flexibility index (Phi) is 13.7. The average molecular weight is 735 g/mol. The van der Waals surface area contributed by atoms with Crippen LogP contribution >= 0.6 is 0 Å². The van der Waals surface area contributed by atoms with Crippen molar-refractivity contribution >= 4 is 50.5 Å². The zero-order chi connectivity index (χ0) is 34.3. The van der Waals surface area contributed by atoms with Gasteiger partial charge in [0.25, 0.3) is 40.5 Å². The minimum atomic E-state index is -3.87. The molecular weight excluding hydrogens is 697 g/mol. The normalized spacial score (nSPS) is 19.7. The van der Waals surface area contributed by atoms with Gasteiger partial charge in [-0.3, -0.25) is 8.37 Å². The molecule has 256 valence electrons. The first-order chi connectivity index (χ1) is 20.5. The van der Waals surface area contributed by atoms with Crippen molar-refractivity contribution in [2.45, 2.75) is 48.7 Å². The fourth-order valence-corrected chi connectivity index (χ4v) is 8.76. The van der Waals surface area contributed by atoms with Gasteiger partial charge in [-0.05, 0) is 57.5 Å². The van der Waals surface area contributed by atoms with Crippen LogP contribution in [0.2, 0.25) is 0 Å². The monoisotopic (exact) mass is 734 g/mol. The summed E-state index contributed by atoms with van der Waals surface area (Å²) in [6.45, 7) is 5.55. The largest absolute Gasteiger partial charge is 0.314 e. The van der Waals surface area contributed by atoms with Crippen molar-refractivity contribution in [3.8, 4) is 0 Å². The van der Waals surface area contributed by atoms with Gasteiger partial charge in [0, 0.05) is 19.6 Å². The van der Waals surface area contributed by atoms with Crippen LogP contribution < -0.4 is 5.32 Å². The molecule has 0 radical (unpaired) electrons. The van der Waals surface area contributed by atoms with Crippen LogP contribution in [0, 0.1) is 13.8 Å².